The topological polar surface area (TPSA) is 56.4 Å². The lowest BCUT2D eigenvalue weighted by atomic mass is 9.90. The van der Waals surface area contributed by atoms with Crippen LogP contribution in [0.15, 0.2) is 48.5 Å². The maximum atomic E-state index is 13.4. The van der Waals surface area contributed by atoms with Gasteiger partial charge in [-0.2, -0.15) is 0 Å². The molecule has 5 rings (SSSR count). The van der Waals surface area contributed by atoms with E-state index in [1.54, 1.807) is 29.2 Å². The second-order valence-electron chi connectivity index (χ2n) is 7.78. The van der Waals surface area contributed by atoms with Gasteiger partial charge in [0.15, 0.2) is 0 Å². The Balaban J connectivity index is 1.61. The maximum absolute atomic E-state index is 13.4. The monoisotopic (exact) mass is 407 g/mol. The number of rotatable bonds is 4. The molecule has 3 aromatic rings. The van der Waals surface area contributed by atoms with E-state index in [2.05, 4.69) is 24.0 Å². The van der Waals surface area contributed by atoms with Crippen LogP contribution >= 0.6 is 11.6 Å². The zero-order chi connectivity index (χ0) is 20.1. The molecule has 2 aromatic carbocycles. The van der Waals surface area contributed by atoms with Gasteiger partial charge >= 0.3 is 6.03 Å². The van der Waals surface area contributed by atoms with Crippen LogP contribution in [0.3, 0.4) is 0 Å². The Hall–Kier alpha value is -2.79. The Morgan fingerprint density at radius 1 is 1.10 bits per heavy atom. The lowest BCUT2D eigenvalue weighted by Gasteiger charge is -2.35. The van der Waals surface area contributed by atoms with Crippen molar-refractivity contribution in [2.75, 3.05) is 4.90 Å². The summed E-state index contributed by atoms with van der Waals surface area (Å²) in [5.74, 6) is -0.158. The van der Waals surface area contributed by atoms with E-state index >= 15 is 0 Å². The Bertz CT molecular complexity index is 1110. The molecule has 0 unspecified atom stereocenters. The maximum Gasteiger partial charge on any atom is 0.332 e. The molecule has 3 amide bonds. The van der Waals surface area contributed by atoms with E-state index in [4.69, 9.17) is 11.6 Å². The molecule has 1 saturated heterocycles. The number of hydrogen-bond donors (Lipinski definition) is 1. The van der Waals surface area contributed by atoms with Crippen LogP contribution in [-0.4, -0.2) is 27.9 Å². The summed E-state index contributed by atoms with van der Waals surface area (Å²) >= 11 is 5.99. The third-order valence-electron chi connectivity index (χ3n) is 6.08. The lowest BCUT2D eigenvalue weighted by Crippen LogP contribution is -2.43. The van der Waals surface area contributed by atoms with Gasteiger partial charge in [0.05, 0.1) is 11.7 Å². The molecule has 29 heavy (non-hydrogen) atoms. The molecule has 0 spiro atoms. The summed E-state index contributed by atoms with van der Waals surface area (Å²) in [6.45, 7) is 2.14. The van der Waals surface area contributed by atoms with Gasteiger partial charge < -0.3 is 9.88 Å². The number of nitrogens with one attached hydrogen (secondary N) is 1. The quantitative estimate of drug-likeness (QED) is 0.585. The Kier molecular flexibility index (Phi) is 4.36. The Labute approximate surface area is 174 Å². The van der Waals surface area contributed by atoms with Gasteiger partial charge in [0.25, 0.3) is 5.91 Å². The first-order chi connectivity index (χ1) is 14.1. The van der Waals surface area contributed by atoms with Crippen molar-refractivity contribution >= 4 is 40.1 Å². The molecule has 1 fully saturated rings. The highest BCUT2D eigenvalue weighted by molar-refractivity contribution is 6.30. The molecule has 0 radical (unpaired) electrons. The summed E-state index contributed by atoms with van der Waals surface area (Å²) in [4.78, 5) is 33.4. The number of aromatic amines is 1. The fourth-order valence-corrected chi connectivity index (χ4v) is 4.84. The van der Waals surface area contributed by atoms with E-state index in [1.807, 2.05) is 12.1 Å². The first-order valence-electron chi connectivity index (χ1n) is 10.1. The number of halogens is 1. The molecule has 0 saturated carbocycles. The largest absolute Gasteiger partial charge is 0.356 e. The summed E-state index contributed by atoms with van der Waals surface area (Å²) in [5, 5.41) is 1.72. The minimum Gasteiger partial charge on any atom is -0.356 e. The van der Waals surface area contributed by atoms with E-state index < -0.39 is 6.04 Å². The number of aromatic nitrogens is 1. The third kappa shape index (κ3) is 2.76. The van der Waals surface area contributed by atoms with E-state index in [9.17, 15) is 9.59 Å². The van der Waals surface area contributed by atoms with Gasteiger partial charge in [0, 0.05) is 28.0 Å². The molecule has 2 aliphatic heterocycles. The third-order valence-corrected chi connectivity index (χ3v) is 6.33. The molecular formula is C23H22ClN3O2. The van der Waals surface area contributed by atoms with Crippen LogP contribution < -0.4 is 4.90 Å². The van der Waals surface area contributed by atoms with E-state index in [0.717, 1.165) is 35.9 Å². The second kappa shape index (κ2) is 6.92. The number of fused-ring (bicyclic) bond motifs is 4. The van der Waals surface area contributed by atoms with Crippen LogP contribution in [0.2, 0.25) is 5.02 Å². The molecule has 148 valence electrons. The van der Waals surface area contributed by atoms with Crippen molar-refractivity contribution in [3.63, 3.8) is 0 Å². The van der Waals surface area contributed by atoms with Gasteiger partial charge in [-0.1, -0.05) is 49.6 Å². The number of amides is 3. The van der Waals surface area contributed by atoms with Gasteiger partial charge in [-0.25, -0.2) is 9.69 Å². The number of unbranched alkanes of at least 4 members (excludes halogenated alkanes) is 1. The number of benzene rings is 2. The van der Waals surface area contributed by atoms with Gasteiger partial charge in [-0.15, -0.1) is 0 Å². The van der Waals surface area contributed by atoms with Crippen LogP contribution in [0.4, 0.5) is 10.5 Å². The van der Waals surface area contributed by atoms with E-state index in [1.165, 1.54) is 10.5 Å². The molecule has 5 nitrogen and oxygen atoms in total. The predicted molar refractivity (Wildman–Crippen MR) is 114 cm³/mol. The zero-order valence-corrected chi connectivity index (χ0v) is 16.9. The standard InChI is InChI=1S/C23H22ClN3O2/c1-2-3-8-19-21-17(16-6-4-5-7-18(16)25-21)13-20-22(28)26(23(29)27(19)20)15-11-9-14(24)10-12-15/h4-7,9-12,19-20,25H,2-3,8,13H2,1H3/t19-,20-/m1/s1. The van der Waals surface area contributed by atoms with Crippen LogP contribution in [0, 0.1) is 0 Å². The summed E-state index contributed by atoms with van der Waals surface area (Å²) in [7, 11) is 0. The zero-order valence-electron chi connectivity index (χ0n) is 16.2. The van der Waals surface area contributed by atoms with E-state index in [-0.39, 0.29) is 18.0 Å². The average molecular weight is 408 g/mol. The minimum absolute atomic E-state index is 0.121. The Morgan fingerprint density at radius 3 is 2.62 bits per heavy atom. The van der Waals surface area contributed by atoms with Crippen molar-refractivity contribution in [2.45, 2.75) is 44.7 Å². The van der Waals surface area contributed by atoms with Crippen molar-refractivity contribution in [3.05, 3.63) is 64.8 Å². The van der Waals surface area contributed by atoms with Crippen molar-refractivity contribution in [2.24, 2.45) is 0 Å². The molecule has 3 heterocycles. The average Bonchev–Trinajstić information content (AvgIpc) is 3.22. The smallest absolute Gasteiger partial charge is 0.332 e. The summed E-state index contributed by atoms with van der Waals surface area (Å²) < 4.78 is 0. The molecule has 2 aliphatic rings. The van der Waals surface area contributed by atoms with E-state index in [0.29, 0.717) is 17.1 Å². The Morgan fingerprint density at radius 2 is 1.86 bits per heavy atom. The van der Waals surface area contributed by atoms with Gasteiger partial charge in [-0.3, -0.25) is 4.79 Å². The molecule has 2 atom stereocenters. The minimum atomic E-state index is -0.466. The van der Waals surface area contributed by atoms with Crippen molar-refractivity contribution in [3.8, 4) is 0 Å². The highest BCUT2D eigenvalue weighted by atomic mass is 35.5. The van der Waals surface area contributed by atoms with Gasteiger partial charge in [0.2, 0.25) is 0 Å². The van der Waals surface area contributed by atoms with Crippen LogP contribution in [0.25, 0.3) is 10.9 Å². The number of anilines is 1. The molecule has 1 aromatic heterocycles. The number of carbonyl (C=O) groups is 2. The number of carbonyl (C=O) groups excluding carboxylic acids is 2. The number of urea groups is 1. The van der Waals surface area contributed by atoms with Gasteiger partial charge in [-0.05, 0) is 42.3 Å². The summed E-state index contributed by atoms with van der Waals surface area (Å²) in [5.41, 5.74) is 3.88. The molecule has 1 N–H and O–H groups in total. The number of imide groups is 1. The van der Waals surface area contributed by atoms with Gasteiger partial charge in [0.1, 0.15) is 6.04 Å². The molecule has 0 aliphatic carbocycles. The summed E-state index contributed by atoms with van der Waals surface area (Å²) in [6, 6.07) is 14.2. The highest BCUT2D eigenvalue weighted by Gasteiger charge is 2.52. The fourth-order valence-electron chi connectivity index (χ4n) is 4.71. The number of nitrogens with zero attached hydrogens (tertiary/aromatic N) is 2. The van der Waals surface area contributed by atoms with Crippen LogP contribution in [0.5, 0.6) is 0 Å². The normalized spacial score (nSPS) is 21.0. The lowest BCUT2D eigenvalue weighted by molar-refractivity contribution is -0.120. The predicted octanol–water partition coefficient (Wildman–Crippen LogP) is 5.45. The number of hydrogen-bond acceptors (Lipinski definition) is 2. The molecule has 0 bridgehead atoms. The van der Waals surface area contributed by atoms with Crippen molar-refractivity contribution in [1.82, 2.24) is 9.88 Å². The SMILES string of the molecule is CCCC[C@@H]1c2[nH]c3ccccc3c2C[C@@H]2C(=O)N(c3ccc(Cl)cc3)C(=O)N21. The second-order valence-corrected chi connectivity index (χ2v) is 8.22. The fraction of sp³-hybridized carbons (Fsp3) is 0.304. The number of H-pyrrole nitrogens is 1. The molecular weight excluding hydrogens is 386 g/mol. The number of para-hydroxylation sites is 1. The first kappa shape index (κ1) is 18.3. The van der Waals surface area contributed by atoms with Crippen LogP contribution in [0.1, 0.15) is 43.5 Å². The molecule has 6 heteroatoms. The highest BCUT2D eigenvalue weighted by Crippen LogP contribution is 2.43. The van der Waals surface area contributed by atoms with Crippen molar-refractivity contribution < 1.29 is 9.59 Å². The van der Waals surface area contributed by atoms with Crippen LogP contribution in [-0.2, 0) is 11.2 Å². The summed E-state index contributed by atoms with van der Waals surface area (Å²) in [6.07, 6.45) is 3.40. The van der Waals surface area contributed by atoms with Crippen molar-refractivity contribution in [1.29, 1.82) is 0 Å². The first-order valence-corrected chi connectivity index (χ1v) is 10.5.